The van der Waals surface area contributed by atoms with E-state index >= 15 is 0 Å². The van der Waals surface area contributed by atoms with E-state index in [1.807, 2.05) is 0 Å². The maximum absolute atomic E-state index is 10.4. The smallest absolute Gasteiger partial charge is 1.00 e. The summed E-state index contributed by atoms with van der Waals surface area (Å²) in [6.07, 6.45) is 1.66. The second-order valence-corrected chi connectivity index (χ2v) is 2.95. The maximum atomic E-state index is 10.4. The summed E-state index contributed by atoms with van der Waals surface area (Å²) in [6, 6.07) is 6.50. The van der Waals surface area contributed by atoms with E-state index < -0.39 is 11.1 Å². The van der Waals surface area contributed by atoms with Gasteiger partial charge in [-0.2, -0.15) is 0 Å². The summed E-state index contributed by atoms with van der Waals surface area (Å²) in [5.41, 5.74) is 0.916. The van der Waals surface area contributed by atoms with E-state index in [-0.39, 0.29) is 52.8 Å². The third kappa shape index (κ3) is 3.61. The first-order valence-corrected chi connectivity index (χ1v) is 4.13. The topological polar surface area (TPSA) is 40.1 Å². The molecule has 0 aliphatic heterocycles. The average Bonchev–Trinajstić information content (AvgIpc) is 2.05. The molecule has 1 rings (SSSR count). The molecule has 0 fully saturated rings. The van der Waals surface area contributed by atoms with E-state index in [1.165, 1.54) is 0 Å². The summed E-state index contributed by atoms with van der Waals surface area (Å²) in [7, 11) is 0. The quantitative estimate of drug-likeness (QED) is 0.446. The molecule has 0 saturated carbocycles. The SMILES string of the molecule is C=Cc1ccc(S(=O)[O-])cc1.[H-].[K+]. The van der Waals surface area contributed by atoms with Crippen LogP contribution in [-0.2, 0) is 11.1 Å². The predicted molar refractivity (Wildman–Crippen MR) is 44.8 cm³/mol. The van der Waals surface area contributed by atoms with Gasteiger partial charge >= 0.3 is 51.4 Å². The van der Waals surface area contributed by atoms with E-state index in [1.54, 1.807) is 30.3 Å². The summed E-state index contributed by atoms with van der Waals surface area (Å²) < 4.78 is 20.7. The molecule has 1 atom stereocenters. The van der Waals surface area contributed by atoms with Crippen molar-refractivity contribution in [2.45, 2.75) is 4.90 Å². The standard InChI is InChI=1S/C8H8O2S.K.H/c1-2-7-3-5-8(6-4-7)11(9)10;;/h2-6H,1H2,(H,9,10);;/q;+1;-1/p-1. The van der Waals surface area contributed by atoms with Crippen LogP contribution >= 0.6 is 0 Å². The molecule has 1 unspecified atom stereocenters. The third-order valence-corrected chi connectivity index (χ3v) is 1.97. The van der Waals surface area contributed by atoms with Crippen molar-refractivity contribution in [2.75, 3.05) is 0 Å². The minimum atomic E-state index is -2.12. The molecule has 0 heterocycles. The van der Waals surface area contributed by atoms with Gasteiger partial charge in [-0.05, 0) is 28.8 Å². The van der Waals surface area contributed by atoms with E-state index in [0.717, 1.165) is 5.56 Å². The molecule has 0 radical (unpaired) electrons. The van der Waals surface area contributed by atoms with Gasteiger partial charge in [-0.25, -0.2) is 0 Å². The van der Waals surface area contributed by atoms with Gasteiger partial charge in [0.2, 0.25) is 0 Å². The molecule has 2 nitrogen and oxygen atoms in total. The normalized spacial score (nSPS) is 11.4. The van der Waals surface area contributed by atoms with Gasteiger partial charge in [0.05, 0.1) is 0 Å². The fourth-order valence-corrected chi connectivity index (χ4v) is 1.07. The zero-order valence-corrected chi connectivity index (χ0v) is 10.8. The molecule has 0 aliphatic carbocycles. The van der Waals surface area contributed by atoms with Gasteiger partial charge < -0.3 is 5.98 Å². The Balaban J connectivity index is 0. The molecule has 0 bridgehead atoms. The molecule has 1 aromatic carbocycles. The van der Waals surface area contributed by atoms with Crippen molar-refractivity contribution in [3.63, 3.8) is 0 Å². The summed E-state index contributed by atoms with van der Waals surface area (Å²) in [5.74, 6) is 0. The Morgan fingerprint density at radius 3 is 2.25 bits per heavy atom. The number of hydrogen-bond acceptors (Lipinski definition) is 2. The van der Waals surface area contributed by atoms with Crippen LogP contribution < -0.4 is 51.4 Å². The van der Waals surface area contributed by atoms with E-state index in [0.29, 0.717) is 4.90 Å². The van der Waals surface area contributed by atoms with Crippen molar-refractivity contribution in [3.05, 3.63) is 36.4 Å². The van der Waals surface area contributed by atoms with Crippen LogP contribution in [0.2, 0.25) is 0 Å². The Labute approximate surface area is 118 Å². The summed E-state index contributed by atoms with van der Waals surface area (Å²) in [6.45, 7) is 3.55. The summed E-state index contributed by atoms with van der Waals surface area (Å²) >= 11 is -2.12. The van der Waals surface area contributed by atoms with E-state index in [2.05, 4.69) is 6.58 Å². The van der Waals surface area contributed by atoms with Gasteiger partial charge in [0, 0.05) is 4.90 Å². The van der Waals surface area contributed by atoms with Crippen molar-refractivity contribution in [1.29, 1.82) is 0 Å². The molecule has 12 heavy (non-hydrogen) atoms. The fourth-order valence-electron chi connectivity index (χ4n) is 0.715. The second kappa shape index (κ2) is 6.20. The molecule has 4 heteroatoms. The zero-order chi connectivity index (χ0) is 8.27. The van der Waals surface area contributed by atoms with Crippen molar-refractivity contribution in [2.24, 2.45) is 0 Å². The minimum Gasteiger partial charge on any atom is -1.00 e. The molecule has 0 aliphatic rings. The van der Waals surface area contributed by atoms with Gasteiger partial charge in [-0.3, -0.25) is 4.21 Å². The van der Waals surface area contributed by atoms with Gasteiger partial charge in [0.15, 0.2) is 0 Å². The minimum absolute atomic E-state index is 0. The first-order valence-electron chi connectivity index (χ1n) is 3.06. The Morgan fingerprint density at radius 1 is 1.42 bits per heavy atom. The van der Waals surface area contributed by atoms with Gasteiger partial charge in [0.25, 0.3) is 0 Å². The van der Waals surface area contributed by atoms with E-state index in [4.69, 9.17) is 0 Å². The van der Waals surface area contributed by atoms with Crippen LogP contribution in [0.1, 0.15) is 6.99 Å². The molecular weight excluding hydrogens is 199 g/mol. The van der Waals surface area contributed by atoms with Gasteiger partial charge in [0.1, 0.15) is 0 Å². The van der Waals surface area contributed by atoms with Crippen LogP contribution in [0.25, 0.3) is 6.08 Å². The largest absolute Gasteiger partial charge is 1.00 e. The maximum Gasteiger partial charge on any atom is 1.00 e. The van der Waals surface area contributed by atoms with Crippen LogP contribution in [0, 0.1) is 0 Å². The zero-order valence-electron chi connectivity index (χ0n) is 7.82. The van der Waals surface area contributed by atoms with Crippen molar-refractivity contribution in [1.82, 2.24) is 0 Å². The predicted octanol–water partition coefficient (Wildman–Crippen LogP) is -1.32. The van der Waals surface area contributed by atoms with Gasteiger partial charge in [-0.15, -0.1) is 0 Å². The molecule has 60 valence electrons. The number of benzene rings is 1. The Hall–Kier alpha value is 0.706. The second-order valence-electron chi connectivity index (χ2n) is 2.01. The molecule has 0 saturated heterocycles. The first kappa shape index (κ1) is 12.7. The number of hydrogen-bond donors (Lipinski definition) is 0. The Bertz CT molecular complexity index is 287. The van der Waals surface area contributed by atoms with E-state index in [9.17, 15) is 8.76 Å². The van der Waals surface area contributed by atoms with Crippen LogP contribution in [-0.4, -0.2) is 8.76 Å². The third-order valence-electron chi connectivity index (χ3n) is 1.31. The van der Waals surface area contributed by atoms with Crippen LogP contribution in [0.4, 0.5) is 0 Å². The average molecular weight is 207 g/mol. The number of rotatable bonds is 2. The van der Waals surface area contributed by atoms with Crippen molar-refractivity contribution < 1.29 is 61.6 Å². The molecule has 0 aromatic heterocycles. The summed E-state index contributed by atoms with van der Waals surface area (Å²) in [5, 5.41) is 0. The summed E-state index contributed by atoms with van der Waals surface area (Å²) in [4.78, 5) is 0.301. The fraction of sp³-hybridized carbons (Fsp3) is 0. The van der Waals surface area contributed by atoms with Gasteiger partial charge in [-0.1, -0.05) is 24.8 Å². The Morgan fingerprint density at radius 2 is 1.92 bits per heavy atom. The van der Waals surface area contributed by atoms with Crippen LogP contribution in [0.5, 0.6) is 0 Å². The van der Waals surface area contributed by atoms with Crippen molar-refractivity contribution >= 4 is 17.2 Å². The molecule has 0 N–H and O–H groups in total. The van der Waals surface area contributed by atoms with Crippen molar-refractivity contribution in [3.8, 4) is 0 Å². The van der Waals surface area contributed by atoms with Crippen LogP contribution in [0.15, 0.2) is 35.7 Å². The monoisotopic (exact) mass is 207 g/mol. The molecular formula is C8H8KO2S-. The Kier molecular flexibility index (Phi) is 6.57. The molecule has 1 aromatic rings. The first-order chi connectivity index (χ1) is 5.24. The molecule has 0 spiro atoms. The van der Waals surface area contributed by atoms with Crippen LogP contribution in [0.3, 0.4) is 0 Å². The molecule has 0 amide bonds.